The number of aromatic nitrogens is 4. The van der Waals surface area contributed by atoms with Gasteiger partial charge >= 0.3 is 0 Å². The lowest BCUT2D eigenvalue weighted by Gasteiger charge is -2.25. The van der Waals surface area contributed by atoms with Crippen molar-refractivity contribution in [1.82, 2.24) is 24.6 Å². The van der Waals surface area contributed by atoms with E-state index in [0.29, 0.717) is 6.04 Å². The summed E-state index contributed by atoms with van der Waals surface area (Å²) in [6, 6.07) is 4.47. The molecule has 0 radical (unpaired) electrons. The molecule has 1 aromatic carbocycles. The molecule has 0 saturated carbocycles. The Hall–Kier alpha value is -2.58. The number of nitrogens with zero attached hydrogens (tertiary/aromatic N) is 4. The molecule has 1 aliphatic rings. The average Bonchev–Trinajstić information content (AvgIpc) is 3.31. The normalized spacial score (nSPS) is 15.4. The van der Waals surface area contributed by atoms with Crippen LogP contribution in [-0.2, 0) is 11.3 Å². The highest BCUT2D eigenvalue weighted by Gasteiger charge is 2.23. The molecule has 3 heterocycles. The van der Waals surface area contributed by atoms with Gasteiger partial charge in [-0.2, -0.15) is 5.10 Å². The molecule has 3 aromatic rings. The maximum atomic E-state index is 5.70. The van der Waals surface area contributed by atoms with Gasteiger partial charge in [-0.3, -0.25) is 0 Å². The van der Waals surface area contributed by atoms with Gasteiger partial charge in [-0.15, -0.1) is 0 Å². The zero-order valence-corrected chi connectivity index (χ0v) is 16.0. The van der Waals surface area contributed by atoms with Crippen molar-refractivity contribution >= 4 is 17.0 Å². The molecule has 0 aliphatic carbocycles. The van der Waals surface area contributed by atoms with Gasteiger partial charge in [-0.05, 0) is 26.0 Å². The number of imidazole rings is 1. The zero-order valence-electron chi connectivity index (χ0n) is 16.0. The van der Waals surface area contributed by atoms with Crippen molar-refractivity contribution in [3.8, 4) is 11.4 Å². The number of hydrogen-bond donors (Lipinski definition) is 2. The summed E-state index contributed by atoms with van der Waals surface area (Å²) in [6.07, 6.45) is 5.84. The third-order valence-corrected chi connectivity index (χ3v) is 5.03. The van der Waals surface area contributed by atoms with Crippen LogP contribution in [0.4, 0.5) is 5.95 Å². The van der Waals surface area contributed by atoms with Crippen LogP contribution in [-0.4, -0.2) is 53.8 Å². The van der Waals surface area contributed by atoms with Gasteiger partial charge in [0.1, 0.15) is 11.4 Å². The van der Waals surface area contributed by atoms with E-state index < -0.39 is 0 Å². The van der Waals surface area contributed by atoms with Crippen LogP contribution in [0.1, 0.15) is 24.4 Å². The number of fused-ring (bicyclic) bond motifs is 1. The van der Waals surface area contributed by atoms with Crippen molar-refractivity contribution in [1.29, 1.82) is 0 Å². The lowest BCUT2D eigenvalue weighted by molar-refractivity contribution is 0.0711. The topological polar surface area (TPSA) is 78.2 Å². The number of rotatable bonds is 6. The number of anilines is 1. The number of methoxy groups -OCH3 is 1. The highest BCUT2D eigenvalue weighted by molar-refractivity contribution is 5.84. The molecule has 4 rings (SSSR count). The second-order valence-electron chi connectivity index (χ2n) is 6.74. The lowest BCUT2D eigenvalue weighted by atomic mass is 10.1. The molecule has 8 heteroatoms. The van der Waals surface area contributed by atoms with E-state index in [1.54, 1.807) is 7.11 Å². The van der Waals surface area contributed by atoms with E-state index in [1.807, 2.05) is 37.2 Å². The van der Waals surface area contributed by atoms with Gasteiger partial charge < -0.3 is 24.7 Å². The van der Waals surface area contributed by atoms with Crippen LogP contribution in [0.3, 0.4) is 0 Å². The Kier molecular flexibility index (Phi) is 5.00. The maximum absolute atomic E-state index is 5.70. The molecule has 0 bridgehead atoms. The summed E-state index contributed by atoms with van der Waals surface area (Å²) in [4.78, 5) is 4.81. The molecular formula is C19H26N6O2. The summed E-state index contributed by atoms with van der Waals surface area (Å²) in [5.41, 5.74) is 3.98. The Bertz CT molecular complexity index is 926. The van der Waals surface area contributed by atoms with Crippen molar-refractivity contribution in [2.45, 2.75) is 25.4 Å². The van der Waals surface area contributed by atoms with Crippen molar-refractivity contribution < 1.29 is 9.47 Å². The molecule has 1 aliphatic heterocycles. The first-order chi connectivity index (χ1) is 13.2. The van der Waals surface area contributed by atoms with E-state index in [1.165, 1.54) is 0 Å². The molecule has 2 aromatic heterocycles. The van der Waals surface area contributed by atoms with Gasteiger partial charge in [0.25, 0.3) is 0 Å². The Morgan fingerprint density at radius 3 is 2.78 bits per heavy atom. The SMILES string of the molecule is CNCc1cnn(-c2cc3nc(NC)n(C4CCOCC4)c3cc2OC)c1. The number of nitrogens with one attached hydrogen (secondary N) is 2. The van der Waals surface area contributed by atoms with Gasteiger partial charge in [0.2, 0.25) is 5.95 Å². The molecular weight excluding hydrogens is 344 g/mol. The van der Waals surface area contributed by atoms with Crippen molar-refractivity contribution in [3.05, 3.63) is 30.1 Å². The first kappa shape index (κ1) is 17.8. The van der Waals surface area contributed by atoms with Crippen LogP contribution in [0.15, 0.2) is 24.5 Å². The molecule has 27 heavy (non-hydrogen) atoms. The minimum atomic E-state index is 0.369. The molecule has 0 amide bonds. The lowest BCUT2D eigenvalue weighted by Crippen LogP contribution is -2.20. The van der Waals surface area contributed by atoms with Gasteiger partial charge in [0, 0.05) is 50.7 Å². The number of ether oxygens (including phenoxy) is 2. The quantitative estimate of drug-likeness (QED) is 0.693. The second-order valence-corrected chi connectivity index (χ2v) is 6.74. The largest absolute Gasteiger partial charge is 0.494 e. The highest BCUT2D eigenvalue weighted by Crippen LogP contribution is 2.35. The van der Waals surface area contributed by atoms with Crippen molar-refractivity contribution in [2.75, 3.05) is 39.7 Å². The predicted molar refractivity (Wildman–Crippen MR) is 105 cm³/mol. The zero-order chi connectivity index (χ0) is 18.8. The standard InChI is InChI=1S/C19H26N6O2/c1-20-10-13-11-22-24(12-13)17-8-15-16(9-18(17)26-3)25(19(21-2)23-15)14-4-6-27-7-5-14/h8-9,11-12,14,20H,4-7,10H2,1-3H3,(H,21,23). The van der Waals surface area contributed by atoms with E-state index >= 15 is 0 Å². The number of hydrogen-bond acceptors (Lipinski definition) is 6. The van der Waals surface area contributed by atoms with Crippen LogP contribution in [0.25, 0.3) is 16.7 Å². The molecule has 0 spiro atoms. The fourth-order valence-electron chi connectivity index (χ4n) is 3.73. The van der Waals surface area contributed by atoms with Crippen molar-refractivity contribution in [3.63, 3.8) is 0 Å². The van der Waals surface area contributed by atoms with E-state index in [-0.39, 0.29) is 0 Å². The summed E-state index contributed by atoms with van der Waals surface area (Å²) >= 11 is 0. The third-order valence-electron chi connectivity index (χ3n) is 5.03. The summed E-state index contributed by atoms with van der Waals surface area (Å²) in [5.74, 6) is 1.64. The minimum Gasteiger partial charge on any atom is -0.494 e. The fraction of sp³-hybridized carbons (Fsp3) is 0.474. The van der Waals surface area contributed by atoms with Crippen LogP contribution in [0, 0.1) is 0 Å². The van der Waals surface area contributed by atoms with Crippen LogP contribution < -0.4 is 15.4 Å². The minimum absolute atomic E-state index is 0.369. The molecule has 1 saturated heterocycles. The molecule has 1 fully saturated rings. The van der Waals surface area contributed by atoms with E-state index in [0.717, 1.165) is 66.6 Å². The Labute approximate surface area is 158 Å². The summed E-state index contributed by atoms with van der Waals surface area (Å²) in [7, 11) is 5.52. The third kappa shape index (κ3) is 3.26. The monoisotopic (exact) mass is 370 g/mol. The summed E-state index contributed by atoms with van der Waals surface area (Å²) < 4.78 is 15.4. The molecule has 8 nitrogen and oxygen atoms in total. The van der Waals surface area contributed by atoms with E-state index in [4.69, 9.17) is 14.5 Å². The molecule has 0 unspecified atom stereocenters. The molecule has 144 valence electrons. The average molecular weight is 370 g/mol. The molecule has 0 atom stereocenters. The van der Waals surface area contributed by atoms with Gasteiger partial charge in [0.15, 0.2) is 0 Å². The smallest absolute Gasteiger partial charge is 0.203 e. The Morgan fingerprint density at radius 1 is 1.26 bits per heavy atom. The second kappa shape index (κ2) is 7.58. The summed E-state index contributed by atoms with van der Waals surface area (Å²) in [5, 5.41) is 10.9. The first-order valence-corrected chi connectivity index (χ1v) is 9.29. The van der Waals surface area contributed by atoms with Gasteiger partial charge in [-0.25, -0.2) is 9.67 Å². The Balaban J connectivity index is 1.82. The van der Waals surface area contributed by atoms with Crippen LogP contribution >= 0.6 is 0 Å². The predicted octanol–water partition coefficient (Wildman–Crippen LogP) is 2.34. The molecule has 2 N–H and O–H groups in total. The fourth-order valence-corrected chi connectivity index (χ4v) is 3.73. The van der Waals surface area contributed by atoms with Crippen LogP contribution in [0.2, 0.25) is 0 Å². The van der Waals surface area contributed by atoms with Gasteiger partial charge in [0.05, 0.1) is 24.3 Å². The van der Waals surface area contributed by atoms with E-state index in [2.05, 4.69) is 26.4 Å². The van der Waals surface area contributed by atoms with Gasteiger partial charge in [-0.1, -0.05) is 0 Å². The number of benzene rings is 1. The highest BCUT2D eigenvalue weighted by atomic mass is 16.5. The van der Waals surface area contributed by atoms with Crippen LogP contribution in [0.5, 0.6) is 5.75 Å². The maximum Gasteiger partial charge on any atom is 0.203 e. The summed E-state index contributed by atoms with van der Waals surface area (Å²) in [6.45, 7) is 2.33. The van der Waals surface area contributed by atoms with Crippen molar-refractivity contribution in [2.24, 2.45) is 0 Å². The Morgan fingerprint density at radius 2 is 2.07 bits per heavy atom. The van der Waals surface area contributed by atoms with E-state index in [9.17, 15) is 0 Å². The first-order valence-electron chi connectivity index (χ1n) is 9.29.